The van der Waals surface area contributed by atoms with Crippen LogP contribution < -0.4 is 5.32 Å². The highest BCUT2D eigenvalue weighted by molar-refractivity contribution is 9.13. The van der Waals surface area contributed by atoms with Crippen LogP contribution in [0.4, 0.5) is 5.82 Å². The molecule has 1 aromatic carbocycles. The Morgan fingerprint density at radius 1 is 1.10 bits per heavy atom. The smallest absolute Gasteiger partial charge is 0.161 e. The summed E-state index contributed by atoms with van der Waals surface area (Å²) in [5, 5.41) is 3.11. The number of aryl methyl sites for hydroxylation is 1. The number of anilines is 1. The Morgan fingerprint density at radius 2 is 1.85 bits per heavy atom. The maximum Gasteiger partial charge on any atom is 0.161 e. The molecule has 3 nitrogen and oxygen atoms in total. The van der Waals surface area contributed by atoms with Crippen molar-refractivity contribution >= 4 is 53.6 Å². The molecule has 2 aromatic rings. The van der Waals surface area contributed by atoms with E-state index in [9.17, 15) is 0 Å². The minimum Gasteiger partial charge on any atom is -0.372 e. The second kappa shape index (κ2) is 7.00. The summed E-state index contributed by atoms with van der Waals surface area (Å²) >= 11 is 10.6. The van der Waals surface area contributed by atoms with Gasteiger partial charge in [-0.25, -0.2) is 9.97 Å². The van der Waals surface area contributed by atoms with Crippen LogP contribution in [-0.2, 0) is 6.42 Å². The van der Waals surface area contributed by atoms with Crippen LogP contribution in [0.15, 0.2) is 31.6 Å². The summed E-state index contributed by atoms with van der Waals surface area (Å²) in [5.74, 6) is 1.55. The highest BCUT2D eigenvalue weighted by Gasteiger charge is 2.12. The summed E-state index contributed by atoms with van der Waals surface area (Å²) in [5.41, 5.74) is 2.02. The predicted octanol–water partition coefficient (Wildman–Crippen LogP) is 5.43. The zero-order valence-corrected chi connectivity index (χ0v) is 15.9. The molecule has 0 saturated heterocycles. The first-order valence-electron chi connectivity index (χ1n) is 6.26. The van der Waals surface area contributed by atoms with E-state index in [1.165, 1.54) is 0 Å². The van der Waals surface area contributed by atoms with Crippen molar-refractivity contribution < 1.29 is 0 Å². The molecule has 1 aromatic heterocycles. The number of hydrogen-bond acceptors (Lipinski definition) is 3. The van der Waals surface area contributed by atoms with Gasteiger partial charge in [0.15, 0.2) is 5.82 Å². The number of aromatic nitrogens is 2. The van der Waals surface area contributed by atoms with Gasteiger partial charge in [0, 0.05) is 21.6 Å². The minimum absolute atomic E-state index is 0.731. The molecule has 0 saturated carbocycles. The predicted molar refractivity (Wildman–Crippen MR) is 94.1 cm³/mol. The van der Waals surface area contributed by atoms with Crippen LogP contribution in [0, 0.1) is 0 Å². The fraction of sp³-hybridized carbons (Fsp3) is 0.286. The Labute approximate surface area is 144 Å². The summed E-state index contributed by atoms with van der Waals surface area (Å²) < 4.78 is 2.95. The van der Waals surface area contributed by atoms with Gasteiger partial charge < -0.3 is 5.32 Å². The summed E-state index contributed by atoms with van der Waals surface area (Å²) in [6.45, 7) is 2.14. The molecule has 0 bridgehead atoms. The quantitative estimate of drug-likeness (QED) is 0.657. The third-order valence-corrected chi connectivity index (χ3v) is 5.53. The van der Waals surface area contributed by atoms with E-state index in [1.54, 1.807) is 0 Å². The molecule has 6 heteroatoms. The molecule has 0 unspecified atom stereocenters. The Kier molecular flexibility index (Phi) is 5.57. The van der Waals surface area contributed by atoms with E-state index in [-0.39, 0.29) is 0 Å². The first kappa shape index (κ1) is 15.9. The molecule has 1 N–H and O–H groups in total. The molecular formula is C14H14Br3N3. The van der Waals surface area contributed by atoms with Crippen molar-refractivity contribution in [1.29, 1.82) is 0 Å². The second-order valence-electron chi connectivity index (χ2n) is 4.29. The van der Waals surface area contributed by atoms with Gasteiger partial charge in [-0.15, -0.1) is 0 Å². The van der Waals surface area contributed by atoms with Crippen LogP contribution in [0.2, 0.25) is 0 Å². The van der Waals surface area contributed by atoms with Gasteiger partial charge in [0.05, 0.1) is 10.2 Å². The Balaban J connectivity index is 2.55. The largest absolute Gasteiger partial charge is 0.372 e. The third-order valence-electron chi connectivity index (χ3n) is 2.82. The van der Waals surface area contributed by atoms with E-state index < -0.39 is 0 Å². The number of benzene rings is 1. The molecule has 1 heterocycles. The molecule has 0 aliphatic heterocycles. The van der Waals surface area contributed by atoms with Crippen LogP contribution in [-0.4, -0.2) is 17.0 Å². The molecule has 2 rings (SSSR count). The summed E-state index contributed by atoms with van der Waals surface area (Å²) in [6.07, 6.45) is 1.96. The number of nitrogens with zero attached hydrogens (tertiary/aromatic N) is 2. The van der Waals surface area contributed by atoms with E-state index in [0.29, 0.717) is 0 Å². The molecule has 0 amide bonds. The Hall–Kier alpha value is -0.460. The highest BCUT2D eigenvalue weighted by Crippen LogP contribution is 2.31. The maximum absolute atomic E-state index is 4.68. The number of rotatable bonds is 4. The van der Waals surface area contributed by atoms with E-state index in [0.717, 1.165) is 49.2 Å². The first-order valence-corrected chi connectivity index (χ1v) is 8.64. The average Bonchev–Trinajstić information content (AvgIpc) is 2.44. The van der Waals surface area contributed by atoms with Crippen molar-refractivity contribution in [3.63, 3.8) is 0 Å². The maximum atomic E-state index is 4.68. The highest BCUT2D eigenvalue weighted by atomic mass is 79.9. The Morgan fingerprint density at radius 3 is 2.45 bits per heavy atom. The first-order chi connectivity index (χ1) is 9.56. The van der Waals surface area contributed by atoms with Crippen LogP contribution >= 0.6 is 47.8 Å². The lowest BCUT2D eigenvalue weighted by molar-refractivity contribution is 0.869. The van der Waals surface area contributed by atoms with Gasteiger partial charge in [0.2, 0.25) is 0 Å². The summed E-state index contributed by atoms with van der Waals surface area (Å²) in [6, 6.07) is 6.01. The van der Waals surface area contributed by atoms with Crippen molar-refractivity contribution in [3.8, 4) is 11.4 Å². The minimum atomic E-state index is 0.731. The van der Waals surface area contributed by atoms with Crippen LogP contribution in [0.5, 0.6) is 0 Å². The molecule has 0 aliphatic rings. The van der Waals surface area contributed by atoms with Crippen molar-refractivity contribution in [3.05, 3.63) is 37.3 Å². The van der Waals surface area contributed by atoms with Crippen LogP contribution in [0.25, 0.3) is 11.4 Å². The molecule has 0 radical (unpaired) electrons. The van der Waals surface area contributed by atoms with Gasteiger partial charge in [0.25, 0.3) is 0 Å². The fourth-order valence-electron chi connectivity index (χ4n) is 1.83. The van der Waals surface area contributed by atoms with Gasteiger partial charge in [-0.2, -0.15) is 0 Å². The van der Waals surface area contributed by atoms with Gasteiger partial charge in [-0.1, -0.05) is 13.3 Å². The standard InChI is InChI=1S/C14H14Br3N3/c1-3-4-11-12(17)14(18-2)20-13(19-11)8-5-6-9(15)10(16)7-8/h5-7H,3-4H2,1-2H3,(H,18,19,20). The molecule has 20 heavy (non-hydrogen) atoms. The average molecular weight is 464 g/mol. The van der Waals surface area contributed by atoms with Gasteiger partial charge in [-0.3, -0.25) is 0 Å². The Bertz CT molecular complexity index is 629. The van der Waals surface area contributed by atoms with E-state index >= 15 is 0 Å². The van der Waals surface area contributed by atoms with Gasteiger partial charge in [0.1, 0.15) is 5.82 Å². The molecular weight excluding hydrogens is 450 g/mol. The number of hydrogen-bond donors (Lipinski definition) is 1. The molecule has 0 fully saturated rings. The number of nitrogens with one attached hydrogen (secondary N) is 1. The normalized spacial score (nSPS) is 10.7. The van der Waals surface area contributed by atoms with E-state index in [4.69, 9.17) is 0 Å². The van der Waals surface area contributed by atoms with Crippen LogP contribution in [0.3, 0.4) is 0 Å². The van der Waals surface area contributed by atoms with E-state index in [1.807, 2.05) is 25.2 Å². The second-order valence-corrected chi connectivity index (χ2v) is 6.79. The van der Waals surface area contributed by atoms with Gasteiger partial charge >= 0.3 is 0 Å². The molecule has 0 aliphatic carbocycles. The lowest BCUT2D eigenvalue weighted by Crippen LogP contribution is -2.03. The molecule has 106 valence electrons. The van der Waals surface area contributed by atoms with Crippen molar-refractivity contribution in [1.82, 2.24) is 9.97 Å². The zero-order valence-electron chi connectivity index (χ0n) is 11.2. The van der Waals surface area contributed by atoms with Crippen molar-refractivity contribution in [2.75, 3.05) is 12.4 Å². The lowest BCUT2D eigenvalue weighted by atomic mass is 10.2. The number of halogens is 3. The van der Waals surface area contributed by atoms with Gasteiger partial charge in [-0.05, 0) is 72.4 Å². The van der Waals surface area contributed by atoms with Crippen LogP contribution in [0.1, 0.15) is 19.0 Å². The molecule has 0 atom stereocenters. The third kappa shape index (κ3) is 3.40. The monoisotopic (exact) mass is 461 g/mol. The summed E-state index contributed by atoms with van der Waals surface area (Å²) in [7, 11) is 1.87. The SMILES string of the molecule is CCCc1nc(-c2ccc(Br)c(Br)c2)nc(NC)c1Br. The van der Waals surface area contributed by atoms with Crippen molar-refractivity contribution in [2.24, 2.45) is 0 Å². The topological polar surface area (TPSA) is 37.8 Å². The summed E-state index contributed by atoms with van der Waals surface area (Å²) in [4.78, 5) is 9.25. The van der Waals surface area contributed by atoms with E-state index in [2.05, 4.69) is 70.0 Å². The lowest BCUT2D eigenvalue weighted by Gasteiger charge is -2.11. The molecule has 0 spiro atoms. The zero-order chi connectivity index (χ0) is 14.7. The van der Waals surface area contributed by atoms with Crippen molar-refractivity contribution in [2.45, 2.75) is 19.8 Å². The fourth-order valence-corrected chi connectivity index (χ4v) is 3.03.